The number of ether oxygens (including phenoxy) is 2. The molecule has 2 aromatic heterocycles. The standard InChI is InChI=1S/C21H20N6O4/c1-3-31-13-10-8-12(9-11-13)19-23-16(18(22)26-29)17-20(25-19)27(21(28)24-17)14-6-4-5-7-15(14)30-2/h4-11,29H,3H2,1-2H3,(H2,22,26)(H,24,28). The fourth-order valence-corrected chi connectivity index (χ4v) is 3.25. The van der Waals surface area contributed by atoms with Crippen LogP contribution >= 0.6 is 0 Å². The van der Waals surface area contributed by atoms with E-state index in [1.807, 2.05) is 6.92 Å². The molecule has 31 heavy (non-hydrogen) atoms. The zero-order valence-electron chi connectivity index (χ0n) is 16.9. The van der Waals surface area contributed by atoms with Crippen LogP contribution in [0.25, 0.3) is 28.2 Å². The summed E-state index contributed by atoms with van der Waals surface area (Å²) in [4.78, 5) is 24.6. The number of aromatic nitrogens is 4. The van der Waals surface area contributed by atoms with Crippen LogP contribution in [-0.4, -0.2) is 44.3 Å². The van der Waals surface area contributed by atoms with E-state index in [1.54, 1.807) is 48.5 Å². The number of hydrogen-bond donors (Lipinski definition) is 3. The summed E-state index contributed by atoms with van der Waals surface area (Å²) in [5.74, 6) is 1.22. The van der Waals surface area contributed by atoms with Gasteiger partial charge in [-0.15, -0.1) is 0 Å². The first-order chi connectivity index (χ1) is 15.1. The summed E-state index contributed by atoms with van der Waals surface area (Å²) >= 11 is 0. The Morgan fingerprint density at radius 3 is 2.61 bits per heavy atom. The lowest BCUT2D eigenvalue weighted by Gasteiger charge is -2.10. The van der Waals surface area contributed by atoms with Gasteiger partial charge in [-0.1, -0.05) is 17.3 Å². The Morgan fingerprint density at radius 1 is 1.19 bits per heavy atom. The Balaban J connectivity index is 2.00. The van der Waals surface area contributed by atoms with Crippen molar-refractivity contribution in [2.45, 2.75) is 6.92 Å². The van der Waals surface area contributed by atoms with Crippen LogP contribution in [0, 0.1) is 0 Å². The van der Waals surface area contributed by atoms with Crippen LogP contribution < -0.4 is 20.9 Å². The predicted octanol–water partition coefficient (Wildman–Crippen LogP) is 2.28. The number of imidazole rings is 1. The van der Waals surface area contributed by atoms with Crippen LogP contribution in [0.2, 0.25) is 0 Å². The molecule has 4 N–H and O–H groups in total. The van der Waals surface area contributed by atoms with Crippen LogP contribution in [0.1, 0.15) is 12.6 Å². The molecule has 0 aliphatic carbocycles. The van der Waals surface area contributed by atoms with Gasteiger partial charge in [0.1, 0.15) is 22.7 Å². The number of fused-ring (bicyclic) bond motifs is 1. The zero-order valence-corrected chi connectivity index (χ0v) is 16.9. The molecule has 0 unspecified atom stereocenters. The number of para-hydroxylation sites is 2. The van der Waals surface area contributed by atoms with Gasteiger partial charge in [-0.3, -0.25) is 0 Å². The molecule has 0 bridgehead atoms. The predicted molar refractivity (Wildman–Crippen MR) is 115 cm³/mol. The summed E-state index contributed by atoms with van der Waals surface area (Å²) in [6.45, 7) is 2.45. The van der Waals surface area contributed by atoms with Crippen molar-refractivity contribution in [3.05, 3.63) is 64.7 Å². The highest BCUT2D eigenvalue weighted by molar-refractivity contribution is 6.05. The highest BCUT2D eigenvalue weighted by Gasteiger charge is 2.21. The number of oxime groups is 1. The van der Waals surface area contributed by atoms with Crippen molar-refractivity contribution in [1.29, 1.82) is 0 Å². The number of nitrogens with zero attached hydrogens (tertiary/aromatic N) is 4. The minimum absolute atomic E-state index is 0.0992. The maximum absolute atomic E-state index is 12.9. The quantitative estimate of drug-likeness (QED) is 0.188. The molecular formula is C21H20N6O4. The van der Waals surface area contributed by atoms with Gasteiger partial charge in [0.15, 0.2) is 17.3 Å². The molecule has 0 aliphatic rings. The monoisotopic (exact) mass is 420 g/mol. The molecule has 0 atom stereocenters. The summed E-state index contributed by atoms with van der Waals surface area (Å²) in [6.07, 6.45) is 0. The van der Waals surface area contributed by atoms with Crippen LogP contribution in [0.5, 0.6) is 11.5 Å². The van der Waals surface area contributed by atoms with Gasteiger partial charge in [0.25, 0.3) is 0 Å². The van der Waals surface area contributed by atoms with Gasteiger partial charge in [-0.05, 0) is 43.3 Å². The number of benzene rings is 2. The first-order valence-electron chi connectivity index (χ1n) is 9.44. The Bertz CT molecular complexity index is 1320. The SMILES string of the molecule is CCOc1ccc(-c2nc(C(N)=NO)c3[nH]c(=O)n(-c4ccccc4OC)c3n2)cc1. The van der Waals surface area contributed by atoms with Gasteiger partial charge in [0.2, 0.25) is 0 Å². The second-order valence-electron chi connectivity index (χ2n) is 6.47. The summed E-state index contributed by atoms with van der Waals surface area (Å²) in [5.41, 5.74) is 7.14. The molecular weight excluding hydrogens is 400 g/mol. The number of amidine groups is 1. The molecule has 0 amide bonds. The number of rotatable bonds is 6. The lowest BCUT2D eigenvalue weighted by molar-refractivity contribution is 0.318. The fraction of sp³-hybridized carbons (Fsp3) is 0.143. The summed E-state index contributed by atoms with van der Waals surface area (Å²) in [6, 6.07) is 14.2. The molecule has 0 saturated heterocycles. The van der Waals surface area contributed by atoms with E-state index >= 15 is 0 Å². The molecule has 0 fully saturated rings. The summed E-state index contributed by atoms with van der Waals surface area (Å²) < 4.78 is 12.2. The lowest BCUT2D eigenvalue weighted by Crippen LogP contribution is -2.17. The topological polar surface area (TPSA) is 141 Å². The average Bonchev–Trinajstić information content (AvgIpc) is 3.14. The van der Waals surface area contributed by atoms with Gasteiger partial charge in [-0.2, -0.15) is 0 Å². The maximum Gasteiger partial charge on any atom is 0.332 e. The Kier molecular flexibility index (Phi) is 5.27. The van der Waals surface area contributed by atoms with E-state index in [1.165, 1.54) is 11.7 Å². The van der Waals surface area contributed by atoms with E-state index in [0.29, 0.717) is 35.2 Å². The lowest BCUT2D eigenvalue weighted by atomic mass is 10.2. The molecule has 4 aromatic rings. The first kappa shape index (κ1) is 20.0. The highest BCUT2D eigenvalue weighted by atomic mass is 16.5. The summed E-state index contributed by atoms with van der Waals surface area (Å²) in [5, 5.41) is 12.3. The largest absolute Gasteiger partial charge is 0.495 e. The first-order valence-corrected chi connectivity index (χ1v) is 9.44. The minimum atomic E-state index is -0.468. The number of nitrogens with one attached hydrogen (secondary N) is 1. The van der Waals surface area contributed by atoms with Crippen molar-refractivity contribution in [1.82, 2.24) is 19.5 Å². The Labute approximate surface area is 176 Å². The molecule has 0 radical (unpaired) electrons. The van der Waals surface area contributed by atoms with Crippen molar-refractivity contribution in [2.24, 2.45) is 10.9 Å². The molecule has 0 aliphatic heterocycles. The third-order valence-corrected chi connectivity index (χ3v) is 4.64. The normalized spacial score (nSPS) is 11.6. The van der Waals surface area contributed by atoms with E-state index < -0.39 is 5.69 Å². The van der Waals surface area contributed by atoms with Crippen molar-refractivity contribution in [3.63, 3.8) is 0 Å². The van der Waals surface area contributed by atoms with Crippen LogP contribution in [-0.2, 0) is 0 Å². The molecule has 2 aromatic carbocycles. The molecule has 0 spiro atoms. The van der Waals surface area contributed by atoms with E-state index in [0.717, 1.165) is 0 Å². The maximum atomic E-state index is 12.9. The van der Waals surface area contributed by atoms with E-state index in [4.69, 9.17) is 15.2 Å². The van der Waals surface area contributed by atoms with Gasteiger partial charge < -0.3 is 25.4 Å². The minimum Gasteiger partial charge on any atom is -0.495 e. The zero-order chi connectivity index (χ0) is 22.0. The summed E-state index contributed by atoms with van der Waals surface area (Å²) in [7, 11) is 1.51. The molecule has 10 heteroatoms. The van der Waals surface area contributed by atoms with Gasteiger partial charge in [0, 0.05) is 5.56 Å². The second kappa shape index (κ2) is 8.19. The Hall–Kier alpha value is -4.34. The fourth-order valence-electron chi connectivity index (χ4n) is 3.25. The molecule has 2 heterocycles. The molecule has 10 nitrogen and oxygen atoms in total. The highest BCUT2D eigenvalue weighted by Crippen LogP contribution is 2.27. The van der Waals surface area contributed by atoms with Crippen LogP contribution in [0.15, 0.2) is 58.5 Å². The molecule has 158 valence electrons. The van der Waals surface area contributed by atoms with Crippen molar-refractivity contribution in [3.8, 4) is 28.6 Å². The molecule has 4 rings (SSSR count). The number of aromatic amines is 1. The smallest absolute Gasteiger partial charge is 0.332 e. The molecule has 0 saturated carbocycles. The number of hydrogen-bond acceptors (Lipinski definition) is 7. The third kappa shape index (κ3) is 3.54. The van der Waals surface area contributed by atoms with E-state index in [-0.39, 0.29) is 22.7 Å². The average molecular weight is 420 g/mol. The second-order valence-corrected chi connectivity index (χ2v) is 6.47. The van der Waals surface area contributed by atoms with Crippen LogP contribution in [0.3, 0.4) is 0 Å². The van der Waals surface area contributed by atoms with E-state index in [2.05, 4.69) is 20.1 Å². The van der Waals surface area contributed by atoms with Crippen molar-refractivity contribution in [2.75, 3.05) is 13.7 Å². The Morgan fingerprint density at radius 2 is 1.94 bits per heavy atom. The van der Waals surface area contributed by atoms with Gasteiger partial charge in [0.05, 0.1) is 19.4 Å². The number of H-pyrrole nitrogens is 1. The van der Waals surface area contributed by atoms with Crippen molar-refractivity contribution >= 4 is 17.0 Å². The third-order valence-electron chi connectivity index (χ3n) is 4.64. The van der Waals surface area contributed by atoms with E-state index in [9.17, 15) is 10.0 Å². The number of methoxy groups -OCH3 is 1. The van der Waals surface area contributed by atoms with Crippen molar-refractivity contribution < 1.29 is 14.7 Å². The van der Waals surface area contributed by atoms with Gasteiger partial charge in [-0.25, -0.2) is 19.3 Å². The van der Waals surface area contributed by atoms with Crippen LogP contribution in [0.4, 0.5) is 0 Å². The number of nitrogens with two attached hydrogens (primary N) is 1. The van der Waals surface area contributed by atoms with Gasteiger partial charge >= 0.3 is 5.69 Å².